The zero-order valence-corrected chi connectivity index (χ0v) is 16.1. The third-order valence-corrected chi connectivity index (χ3v) is 4.93. The molecule has 0 saturated carbocycles. The van der Waals surface area contributed by atoms with Gasteiger partial charge in [-0.2, -0.15) is 0 Å². The van der Waals surface area contributed by atoms with Gasteiger partial charge in [0.2, 0.25) is 15.9 Å². The first-order valence-electron chi connectivity index (χ1n) is 7.83. The smallest absolute Gasteiger partial charge is 0.337 e. The molecular formula is C16H23ClN2O5S. The van der Waals surface area contributed by atoms with Crippen LogP contribution in [0.5, 0.6) is 0 Å². The molecule has 0 aliphatic rings. The van der Waals surface area contributed by atoms with Crippen LogP contribution < -0.4 is 9.62 Å². The summed E-state index contributed by atoms with van der Waals surface area (Å²) < 4.78 is 29.9. The summed E-state index contributed by atoms with van der Waals surface area (Å²) in [6.45, 7) is 2.12. The lowest BCUT2D eigenvalue weighted by molar-refractivity contribution is -0.121. The lowest BCUT2D eigenvalue weighted by atomic mass is 10.2. The molecule has 1 N–H and O–H groups in total. The lowest BCUT2D eigenvalue weighted by Gasteiger charge is -2.24. The van der Waals surface area contributed by atoms with Crippen LogP contribution in [0.2, 0.25) is 5.02 Å². The van der Waals surface area contributed by atoms with Crippen molar-refractivity contribution in [1.29, 1.82) is 0 Å². The van der Waals surface area contributed by atoms with E-state index in [4.69, 9.17) is 11.6 Å². The molecule has 7 nitrogen and oxygen atoms in total. The van der Waals surface area contributed by atoms with Crippen molar-refractivity contribution in [1.82, 2.24) is 5.32 Å². The number of hydrogen-bond acceptors (Lipinski definition) is 5. The van der Waals surface area contributed by atoms with Gasteiger partial charge < -0.3 is 10.1 Å². The maximum atomic E-state index is 12.1. The first kappa shape index (κ1) is 21.2. The van der Waals surface area contributed by atoms with Crippen LogP contribution in [0.1, 0.15) is 36.5 Å². The summed E-state index contributed by atoms with van der Waals surface area (Å²) in [5.41, 5.74) is 0.345. The molecule has 1 aromatic carbocycles. The zero-order valence-electron chi connectivity index (χ0n) is 14.5. The Morgan fingerprint density at radius 2 is 2.00 bits per heavy atom. The van der Waals surface area contributed by atoms with E-state index in [-0.39, 0.29) is 35.3 Å². The molecule has 1 aromatic rings. The number of methoxy groups -OCH3 is 1. The Balaban J connectivity index is 2.97. The number of nitrogens with zero attached hydrogens (tertiary/aromatic N) is 1. The average molecular weight is 391 g/mol. The van der Waals surface area contributed by atoms with Gasteiger partial charge in [-0.3, -0.25) is 9.10 Å². The van der Waals surface area contributed by atoms with Crippen LogP contribution in [0.25, 0.3) is 0 Å². The van der Waals surface area contributed by atoms with Crippen molar-refractivity contribution in [3.63, 3.8) is 0 Å². The molecule has 0 spiro atoms. The third-order valence-electron chi connectivity index (χ3n) is 3.43. The highest BCUT2D eigenvalue weighted by Gasteiger charge is 2.21. The van der Waals surface area contributed by atoms with Crippen molar-refractivity contribution in [2.45, 2.75) is 26.2 Å². The van der Waals surface area contributed by atoms with Crippen molar-refractivity contribution in [3.05, 3.63) is 28.8 Å². The molecule has 0 bridgehead atoms. The van der Waals surface area contributed by atoms with Crippen molar-refractivity contribution in [2.75, 3.05) is 30.8 Å². The van der Waals surface area contributed by atoms with Gasteiger partial charge in [0, 0.05) is 13.0 Å². The molecule has 0 heterocycles. The van der Waals surface area contributed by atoms with Crippen molar-refractivity contribution >= 4 is 39.2 Å². The van der Waals surface area contributed by atoms with Crippen molar-refractivity contribution < 1.29 is 22.7 Å². The number of carbonyl (C=O) groups excluding carboxylic acids is 2. The molecule has 0 aromatic heterocycles. The summed E-state index contributed by atoms with van der Waals surface area (Å²) in [7, 11) is -2.43. The van der Waals surface area contributed by atoms with Crippen molar-refractivity contribution in [2.24, 2.45) is 0 Å². The maximum Gasteiger partial charge on any atom is 0.337 e. The van der Waals surface area contributed by atoms with Gasteiger partial charge in [0.25, 0.3) is 0 Å². The highest BCUT2D eigenvalue weighted by molar-refractivity contribution is 7.92. The Kier molecular flexibility index (Phi) is 8.18. The number of nitrogens with one attached hydrogen (secondary N) is 1. The predicted octanol–water partition coefficient (Wildman–Crippen LogP) is 2.20. The third kappa shape index (κ3) is 6.55. The summed E-state index contributed by atoms with van der Waals surface area (Å²) in [5, 5.41) is 2.85. The van der Waals surface area contributed by atoms with E-state index >= 15 is 0 Å². The van der Waals surface area contributed by atoms with Gasteiger partial charge in [-0.1, -0.05) is 24.9 Å². The van der Waals surface area contributed by atoms with E-state index in [9.17, 15) is 18.0 Å². The fourth-order valence-electron chi connectivity index (χ4n) is 2.14. The van der Waals surface area contributed by atoms with Crippen LogP contribution in [0.15, 0.2) is 18.2 Å². The number of amides is 1. The largest absolute Gasteiger partial charge is 0.465 e. The minimum absolute atomic E-state index is 0.00104. The van der Waals surface area contributed by atoms with Crippen LogP contribution in [0.3, 0.4) is 0 Å². The van der Waals surface area contributed by atoms with Gasteiger partial charge in [0.1, 0.15) is 0 Å². The molecule has 1 amide bonds. The van der Waals surface area contributed by atoms with E-state index in [1.165, 1.54) is 25.3 Å². The molecule has 0 aliphatic heterocycles. The Bertz CT molecular complexity index is 721. The molecule has 0 radical (unpaired) electrons. The number of benzene rings is 1. The summed E-state index contributed by atoms with van der Waals surface area (Å²) in [4.78, 5) is 23.3. The van der Waals surface area contributed by atoms with Crippen LogP contribution in [-0.4, -0.2) is 46.7 Å². The van der Waals surface area contributed by atoms with E-state index in [1.54, 1.807) is 0 Å². The van der Waals surface area contributed by atoms with Crippen LogP contribution in [0, 0.1) is 0 Å². The number of esters is 1. The Labute approximate surface area is 153 Å². The second-order valence-corrected chi connectivity index (χ2v) is 7.76. The summed E-state index contributed by atoms with van der Waals surface area (Å²) in [5.74, 6) is -0.732. The number of sulfonamides is 1. The summed E-state index contributed by atoms with van der Waals surface area (Å²) in [6.07, 6.45) is 3.11. The molecule has 0 aliphatic carbocycles. The van der Waals surface area contributed by atoms with Gasteiger partial charge in [-0.25, -0.2) is 13.2 Å². The van der Waals surface area contributed by atoms with Gasteiger partial charge in [-0.05, 0) is 24.6 Å². The Morgan fingerprint density at radius 1 is 1.32 bits per heavy atom. The fourth-order valence-corrected chi connectivity index (χ4v) is 3.34. The predicted molar refractivity (Wildman–Crippen MR) is 97.5 cm³/mol. The monoisotopic (exact) mass is 390 g/mol. The zero-order chi connectivity index (χ0) is 19.0. The lowest BCUT2D eigenvalue weighted by Crippen LogP contribution is -2.38. The molecule has 0 atom stereocenters. The minimum atomic E-state index is -3.66. The average Bonchev–Trinajstić information content (AvgIpc) is 2.56. The summed E-state index contributed by atoms with van der Waals surface area (Å²) >= 11 is 6.11. The first-order valence-corrected chi connectivity index (χ1v) is 10.1. The van der Waals surface area contributed by atoms with Gasteiger partial charge in [0.15, 0.2) is 0 Å². The quantitative estimate of drug-likeness (QED) is 0.652. The number of ether oxygens (including phenoxy) is 1. The Hall–Kier alpha value is -1.80. The minimum Gasteiger partial charge on any atom is -0.465 e. The summed E-state index contributed by atoms with van der Waals surface area (Å²) in [6, 6.07) is 4.24. The normalized spacial score (nSPS) is 11.0. The molecular weight excluding hydrogens is 368 g/mol. The number of rotatable bonds is 9. The second-order valence-electron chi connectivity index (χ2n) is 5.45. The van der Waals surface area contributed by atoms with Gasteiger partial charge in [0.05, 0.1) is 36.2 Å². The first-order chi connectivity index (χ1) is 11.7. The van der Waals surface area contributed by atoms with E-state index < -0.39 is 16.0 Å². The number of unbranched alkanes of at least 4 members (excludes halogenated alkanes) is 1. The van der Waals surface area contributed by atoms with Crippen LogP contribution in [-0.2, 0) is 19.6 Å². The number of carbonyl (C=O) groups is 2. The highest BCUT2D eigenvalue weighted by atomic mass is 35.5. The SMILES string of the molecule is CCCCC(=O)NCCN(c1cc(C(=O)OC)ccc1Cl)S(C)(=O)=O. The molecule has 140 valence electrons. The molecule has 0 saturated heterocycles. The molecule has 0 unspecified atom stereocenters. The molecule has 0 fully saturated rings. The number of anilines is 1. The van der Waals surface area contributed by atoms with E-state index in [0.717, 1.165) is 23.4 Å². The van der Waals surface area contributed by atoms with E-state index in [0.29, 0.717) is 6.42 Å². The molecule has 1 rings (SSSR count). The number of halogens is 1. The molecule has 25 heavy (non-hydrogen) atoms. The van der Waals surface area contributed by atoms with Crippen LogP contribution >= 0.6 is 11.6 Å². The van der Waals surface area contributed by atoms with Crippen LogP contribution in [0.4, 0.5) is 5.69 Å². The Morgan fingerprint density at radius 3 is 2.56 bits per heavy atom. The standard InChI is InChI=1S/C16H23ClN2O5S/c1-4-5-6-15(20)18-9-10-19(25(3,22)23)14-11-12(16(21)24-2)7-8-13(14)17/h7-8,11H,4-6,9-10H2,1-3H3,(H,18,20). The van der Waals surface area contributed by atoms with E-state index in [1.807, 2.05) is 6.92 Å². The highest BCUT2D eigenvalue weighted by Crippen LogP contribution is 2.29. The van der Waals surface area contributed by atoms with E-state index in [2.05, 4.69) is 10.1 Å². The van der Waals surface area contributed by atoms with Gasteiger partial charge >= 0.3 is 5.97 Å². The molecule has 9 heteroatoms. The van der Waals surface area contributed by atoms with Gasteiger partial charge in [-0.15, -0.1) is 0 Å². The maximum absolute atomic E-state index is 12.1. The van der Waals surface area contributed by atoms with Crippen molar-refractivity contribution in [3.8, 4) is 0 Å². The second kappa shape index (κ2) is 9.62. The topological polar surface area (TPSA) is 92.8 Å². The fraction of sp³-hybridized carbons (Fsp3) is 0.500. The number of hydrogen-bond donors (Lipinski definition) is 1.